The molecule has 1 fully saturated rings. The Balaban J connectivity index is 1.73. The van der Waals surface area contributed by atoms with Crippen molar-refractivity contribution in [1.29, 1.82) is 0 Å². The van der Waals surface area contributed by atoms with Crippen LogP contribution in [0.15, 0.2) is 24.3 Å². The van der Waals surface area contributed by atoms with Gasteiger partial charge in [0.1, 0.15) is 5.75 Å². The van der Waals surface area contributed by atoms with Crippen LogP contribution >= 0.6 is 11.8 Å². The van der Waals surface area contributed by atoms with Crippen molar-refractivity contribution in [2.75, 3.05) is 12.9 Å². The van der Waals surface area contributed by atoms with Gasteiger partial charge in [-0.1, -0.05) is 31.0 Å². The number of hydrogen-bond donors (Lipinski definition) is 1. The molecule has 2 rings (SSSR count). The van der Waals surface area contributed by atoms with Crippen molar-refractivity contribution in [1.82, 2.24) is 5.32 Å². The van der Waals surface area contributed by atoms with Crippen LogP contribution in [0.25, 0.3) is 0 Å². The van der Waals surface area contributed by atoms with Crippen molar-refractivity contribution < 1.29 is 9.53 Å². The van der Waals surface area contributed by atoms with Crippen LogP contribution in [0.4, 0.5) is 0 Å². The van der Waals surface area contributed by atoms with E-state index in [0.717, 1.165) is 11.3 Å². The van der Waals surface area contributed by atoms with Crippen LogP contribution in [0.5, 0.6) is 5.75 Å². The Bertz CT molecular complexity index is 416. The molecule has 19 heavy (non-hydrogen) atoms. The highest BCUT2D eigenvalue weighted by atomic mass is 32.2. The van der Waals surface area contributed by atoms with E-state index in [1.54, 1.807) is 18.9 Å². The summed E-state index contributed by atoms with van der Waals surface area (Å²) in [5.74, 6) is 1.51. The molecule has 1 aliphatic carbocycles. The maximum Gasteiger partial charge on any atom is 0.230 e. The molecule has 0 heterocycles. The van der Waals surface area contributed by atoms with E-state index >= 15 is 0 Å². The summed E-state index contributed by atoms with van der Waals surface area (Å²) in [7, 11) is 1.65. The Labute approximate surface area is 119 Å². The quantitative estimate of drug-likeness (QED) is 0.870. The average molecular weight is 279 g/mol. The molecule has 1 aromatic rings. The molecular formula is C15H21NO2S. The smallest absolute Gasteiger partial charge is 0.230 e. The van der Waals surface area contributed by atoms with Gasteiger partial charge in [-0.2, -0.15) is 0 Å². The van der Waals surface area contributed by atoms with E-state index in [-0.39, 0.29) is 5.91 Å². The minimum absolute atomic E-state index is 0.114. The van der Waals surface area contributed by atoms with Crippen LogP contribution in [-0.4, -0.2) is 24.0 Å². The fourth-order valence-corrected chi connectivity index (χ4v) is 3.50. The standard InChI is InChI=1S/C15H21NO2S/c1-18-14-9-5-2-6-12(14)10-16-15(17)11-19-13-7-3-4-8-13/h2,5-6,9,13H,3-4,7-8,10-11H2,1H3,(H,16,17). The van der Waals surface area contributed by atoms with E-state index in [1.807, 2.05) is 24.3 Å². The van der Waals surface area contributed by atoms with Crippen molar-refractivity contribution in [3.05, 3.63) is 29.8 Å². The predicted molar refractivity (Wildman–Crippen MR) is 79.6 cm³/mol. The third kappa shape index (κ3) is 4.46. The van der Waals surface area contributed by atoms with Crippen molar-refractivity contribution in [3.8, 4) is 5.75 Å². The first-order chi connectivity index (χ1) is 9.29. The normalized spacial score (nSPS) is 15.4. The van der Waals surface area contributed by atoms with Crippen LogP contribution in [0, 0.1) is 0 Å². The van der Waals surface area contributed by atoms with Crippen molar-refractivity contribution >= 4 is 17.7 Å². The van der Waals surface area contributed by atoms with E-state index in [2.05, 4.69) is 5.32 Å². The molecule has 0 atom stereocenters. The summed E-state index contributed by atoms with van der Waals surface area (Å²) in [5, 5.41) is 3.65. The second-order valence-corrected chi connectivity index (χ2v) is 6.09. The number of benzene rings is 1. The average Bonchev–Trinajstić information content (AvgIpc) is 2.96. The van der Waals surface area contributed by atoms with Gasteiger partial charge in [0.2, 0.25) is 5.91 Å². The summed E-state index contributed by atoms with van der Waals surface area (Å²) in [6.45, 7) is 0.536. The van der Waals surface area contributed by atoms with Gasteiger partial charge in [0, 0.05) is 17.4 Å². The number of carbonyl (C=O) groups excluding carboxylic acids is 1. The molecule has 1 N–H and O–H groups in total. The minimum atomic E-state index is 0.114. The molecule has 1 amide bonds. The molecule has 0 radical (unpaired) electrons. The zero-order valence-electron chi connectivity index (χ0n) is 11.4. The molecule has 1 aromatic carbocycles. The number of nitrogens with one attached hydrogen (secondary N) is 1. The Kier molecular flexibility index (Phi) is 5.58. The van der Waals surface area contributed by atoms with E-state index < -0.39 is 0 Å². The number of carbonyl (C=O) groups is 1. The Hall–Kier alpha value is -1.16. The van der Waals surface area contributed by atoms with Gasteiger partial charge in [-0.25, -0.2) is 0 Å². The zero-order valence-corrected chi connectivity index (χ0v) is 12.2. The van der Waals surface area contributed by atoms with Gasteiger partial charge in [0.05, 0.1) is 12.9 Å². The van der Waals surface area contributed by atoms with Crippen LogP contribution in [-0.2, 0) is 11.3 Å². The summed E-state index contributed by atoms with van der Waals surface area (Å²) in [4.78, 5) is 11.8. The molecule has 1 saturated carbocycles. The van der Waals surface area contributed by atoms with E-state index in [1.165, 1.54) is 25.7 Å². The summed E-state index contributed by atoms with van der Waals surface area (Å²) in [6, 6.07) is 7.77. The van der Waals surface area contributed by atoms with Crippen molar-refractivity contribution in [2.24, 2.45) is 0 Å². The molecule has 4 heteroatoms. The number of para-hydroxylation sites is 1. The Morgan fingerprint density at radius 1 is 1.37 bits per heavy atom. The molecule has 0 aromatic heterocycles. The number of hydrogen-bond acceptors (Lipinski definition) is 3. The molecule has 1 aliphatic rings. The number of methoxy groups -OCH3 is 1. The highest BCUT2D eigenvalue weighted by Gasteiger charge is 2.16. The zero-order chi connectivity index (χ0) is 13.5. The second kappa shape index (κ2) is 7.43. The molecule has 0 saturated heterocycles. The SMILES string of the molecule is COc1ccccc1CNC(=O)CSC1CCCC1. The van der Waals surface area contributed by atoms with Crippen LogP contribution < -0.4 is 10.1 Å². The number of amides is 1. The lowest BCUT2D eigenvalue weighted by atomic mass is 10.2. The summed E-state index contributed by atoms with van der Waals surface area (Å²) >= 11 is 1.79. The summed E-state index contributed by atoms with van der Waals surface area (Å²) < 4.78 is 5.26. The number of ether oxygens (including phenoxy) is 1. The lowest BCUT2D eigenvalue weighted by Gasteiger charge is -2.11. The third-order valence-electron chi connectivity index (χ3n) is 3.42. The van der Waals surface area contributed by atoms with Gasteiger partial charge in [-0.15, -0.1) is 11.8 Å². The van der Waals surface area contributed by atoms with Crippen molar-refractivity contribution in [2.45, 2.75) is 37.5 Å². The summed E-state index contributed by atoms with van der Waals surface area (Å²) in [6.07, 6.45) is 5.18. The largest absolute Gasteiger partial charge is 0.496 e. The summed E-state index contributed by atoms with van der Waals surface area (Å²) in [5.41, 5.74) is 1.02. The fourth-order valence-electron chi connectivity index (χ4n) is 2.34. The number of rotatable bonds is 6. The fraction of sp³-hybridized carbons (Fsp3) is 0.533. The molecule has 0 spiro atoms. The van der Waals surface area contributed by atoms with Crippen LogP contribution in [0.3, 0.4) is 0 Å². The number of thioether (sulfide) groups is 1. The molecule has 104 valence electrons. The first-order valence-corrected chi connectivity index (χ1v) is 7.84. The topological polar surface area (TPSA) is 38.3 Å². The van der Waals surface area contributed by atoms with Gasteiger partial charge in [0.15, 0.2) is 0 Å². The van der Waals surface area contributed by atoms with E-state index in [9.17, 15) is 4.79 Å². The molecule has 0 bridgehead atoms. The van der Waals surface area contributed by atoms with Gasteiger partial charge in [0.25, 0.3) is 0 Å². The molecular weight excluding hydrogens is 258 g/mol. The molecule has 0 unspecified atom stereocenters. The first-order valence-electron chi connectivity index (χ1n) is 6.80. The van der Waals surface area contributed by atoms with Gasteiger partial charge in [-0.3, -0.25) is 4.79 Å². The highest BCUT2D eigenvalue weighted by molar-refractivity contribution is 8.00. The van der Waals surface area contributed by atoms with Gasteiger partial charge in [-0.05, 0) is 18.9 Å². The van der Waals surface area contributed by atoms with Gasteiger partial charge >= 0.3 is 0 Å². The van der Waals surface area contributed by atoms with E-state index in [0.29, 0.717) is 17.5 Å². The molecule has 0 aliphatic heterocycles. The maximum absolute atomic E-state index is 11.8. The highest BCUT2D eigenvalue weighted by Crippen LogP contribution is 2.29. The van der Waals surface area contributed by atoms with E-state index in [4.69, 9.17) is 4.74 Å². The molecule has 3 nitrogen and oxygen atoms in total. The predicted octanol–water partition coefficient (Wildman–Crippen LogP) is 2.99. The van der Waals surface area contributed by atoms with Crippen molar-refractivity contribution in [3.63, 3.8) is 0 Å². The third-order valence-corrected chi connectivity index (χ3v) is 4.79. The monoisotopic (exact) mass is 279 g/mol. The lowest BCUT2D eigenvalue weighted by Crippen LogP contribution is -2.25. The van der Waals surface area contributed by atoms with Gasteiger partial charge < -0.3 is 10.1 Å². The Morgan fingerprint density at radius 2 is 2.11 bits per heavy atom. The first kappa shape index (κ1) is 14.3. The second-order valence-electron chi connectivity index (χ2n) is 4.81. The Morgan fingerprint density at radius 3 is 2.84 bits per heavy atom. The van der Waals surface area contributed by atoms with Crippen LogP contribution in [0.1, 0.15) is 31.2 Å². The maximum atomic E-state index is 11.8. The lowest BCUT2D eigenvalue weighted by molar-refractivity contribution is -0.118. The minimum Gasteiger partial charge on any atom is -0.496 e. The van der Waals surface area contributed by atoms with Crippen LogP contribution in [0.2, 0.25) is 0 Å².